The number of hydrogen-bond donors (Lipinski definition) is 0. The summed E-state index contributed by atoms with van der Waals surface area (Å²) in [5.74, 6) is 0.388. The molecule has 0 saturated carbocycles. The van der Waals surface area contributed by atoms with Gasteiger partial charge in [0.1, 0.15) is 12.7 Å². The molecule has 6 nitrogen and oxygen atoms in total. The molecule has 2 aromatic rings. The molecule has 1 aliphatic heterocycles. The van der Waals surface area contributed by atoms with E-state index in [9.17, 15) is 4.79 Å². The fourth-order valence-electron chi connectivity index (χ4n) is 3.82. The molecule has 1 aromatic carbocycles. The number of aryl methyl sites for hydroxylation is 1. The van der Waals surface area contributed by atoms with Crippen LogP contribution in [-0.2, 0) is 17.8 Å². The Labute approximate surface area is 142 Å². The average molecular weight is 325 g/mol. The normalized spacial score (nSPS) is 21.0. The lowest BCUT2D eigenvalue weighted by Crippen LogP contribution is -2.50. The Balaban J connectivity index is 1.30. The molecule has 1 saturated heterocycles. The van der Waals surface area contributed by atoms with Gasteiger partial charge >= 0.3 is 0 Å². The molecule has 24 heavy (non-hydrogen) atoms. The second-order valence-electron chi connectivity index (χ2n) is 6.62. The van der Waals surface area contributed by atoms with Crippen LogP contribution in [0.1, 0.15) is 23.5 Å². The average Bonchev–Trinajstić information content (AvgIpc) is 3.29. The third-order valence-corrected chi connectivity index (χ3v) is 5.23. The summed E-state index contributed by atoms with van der Waals surface area (Å²) in [4.78, 5) is 21.3. The largest absolute Gasteiger partial charge is 0.340 e. The molecule has 4 rings (SSSR count). The Hall–Kier alpha value is -2.21. The summed E-state index contributed by atoms with van der Waals surface area (Å²) in [7, 11) is 0. The fourth-order valence-corrected chi connectivity index (χ4v) is 3.82. The van der Waals surface area contributed by atoms with E-state index in [1.165, 1.54) is 11.1 Å². The highest BCUT2D eigenvalue weighted by atomic mass is 16.2. The summed E-state index contributed by atoms with van der Waals surface area (Å²) in [6.45, 7) is 5.34. The van der Waals surface area contributed by atoms with Crippen LogP contribution in [0.4, 0.5) is 0 Å². The van der Waals surface area contributed by atoms with Gasteiger partial charge in [0.25, 0.3) is 0 Å². The summed E-state index contributed by atoms with van der Waals surface area (Å²) in [6, 6.07) is 8.40. The summed E-state index contributed by atoms with van der Waals surface area (Å²) in [6.07, 6.45) is 5.31. The zero-order valence-electron chi connectivity index (χ0n) is 13.8. The van der Waals surface area contributed by atoms with Crippen molar-refractivity contribution in [1.82, 2.24) is 24.6 Å². The highest BCUT2D eigenvalue weighted by Crippen LogP contribution is 2.34. The minimum atomic E-state index is 0.0721. The smallest absolute Gasteiger partial charge is 0.230 e. The van der Waals surface area contributed by atoms with Gasteiger partial charge < -0.3 is 4.90 Å². The molecular weight excluding hydrogens is 302 g/mol. The van der Waals surface area contributed by atoms with E-state index in [1.54, 1.807) is 12.7 Å². The van der Waals surface area contributed by atoms with Crippen molar-refractivity contribution in [3.05, 3.63) is 48.0 Å². The quantitative estimate of drug-likeness (QED) is 0.846. The van der Waals surface area contributed by atoms with Gasteiger partial charge in [-0.05, 0) is 24.0 Å². The Kier molecular flexibility index (Phi) is 4.30. The number of nitrogens with zero attached hydrogens (tertiary/aromatic N) is 5. The summed E-state index contributed by atoms with van der Waals surface area (Å²) in [5, 5.41) is 4.13. The van der Waals surface area contributed by atoms with E-state index in [-0.39, 0.29) is 5.92 Å². The van der Waals surface area contributed by atoms with Crippen molar-refractivity contribution in [2.45, 2.75) is 25.3 Å². The molecule has 6 heteroatoms. The van der Waals surface area contributed by atoms with Gasteiger partial charge in [0, 0.05) is 32.7 Å². The second kappa shape index (κ2) is 6.73. The molecule has 2 aliphatic rings. The predicted octanol–water partition coefficient (Wildman–Crippen LogP) is 1.15. The zero-order chi connectivity index (χ0) is 16.4. The van der Waals surface area contributed by atoms with E-state index < -0.39 is 0 Å². The van der Waals surface area contributed by atoms with E-state index in [2.05, 4.69) is 38.1 Å². The molecule has 1 aliphatic carbocycles. The van der Waals surface area contributed by atoms with Gasteiger partial charge in [-0.1, -0.05) is 24.3 Å². The summed E-state index contributed by atoms with van der Waals surface area (Å²) < 4.78 is 1.85. The summed E-state index contributed by atoms with van der Waals surface area (Å²) >= 11 is 0. The van der Waals surface area contributed by atoms with Crippen LogP contribution < -0.4 is 0 Å². The van der Waals surface area contributed by atoms with Crippen molar-refractivity contribution in [1.29, 1.82) is 0 Å². The SMILES string of the molecule is O=C([C@@H]1CCc2ccccc21)N1CCN(CCn2cncn2)CC1. The standard InChI is InChI=1S/C18H23N5O/c24-18(17-6-5-15-3-1-2-4-16(15)17)22-10-7-21(8-11-22)9-12-23-14-19-13-20-23/h1-4,13-14,17H,5-12H2/t17-/m1/s1. The lowest BCUT2D eigenvalue weighted by Gasteiger charge is -2.36. The first-order valence-electron chi connectivity index (χ1n) is 8.72. The highest BCUT2D eigenvalue weighted by Gasteiger charge is 2.32. The molecule has 0 radical (unpaired) electrons. The lowest BCUT2D eigenvalue weighted by molar-refractivity contribution is -0.134. The Morgan fingerprint density at radius 3 is 2.75 bits per heavy atom. The van der Waals surface area contributed by atoms with Gasteiger partial charge in [0.15, 0.2) is 0 Å². The molecular formula is C18H23N5O. The van der Waals surface area contributed by atoms with E-state index >= 15 is 0 Å². The van der Waals surface area contributed by atoms with Crippen LogP contribution in [-0.4, -0.2) is 63.2 Å². The lowest BCUT2D eigenvalue weighted by atomic mass is 9.99. The minimum absolute atomic E-state index is 0.0721. The number of fused-ring (bicyclic) bond motifs is 1. The molecule has 126 valence electrons. The zero-order valence-corrected chi connectivity index (χ0v) is 13.8. The Morgan fingerprint density at radius 2 is 1.96 bits per heavy atom. The van der Waals surface area contributed by atoms with E-state index in [0.717, 1.165) is 52.1 Å². The number of benzene rings is 1. The van der Waals surface area contributed by atoms with Gasteiger partial charge in [0.2, 0.25) is 5.91 Å². The first-order chi connectivity index (χ1) is 11.8. The van der Waals surface area contributed by atoms with Crippen LogP contribution in [0.3, 0.4) is 0 Å². The first-order valence-corrected chi connectivity index (χ1v) is 8.72. The number of amides is 1. The van der Waals surface area contributed by atoms with Gasteiger partial charge in [0.05, 0.1) is 12.5 Å². The fraction of sp³-hybridized carbons (Fsp3) is 0.500. The number of carbonyl (C=O) groups is 1. The van der Waals surface area contributed by atoms with Crippen molar-refractivity contribution in [3.8, 4) is 0 Å². The molecule has 2 heterocycles. The maximum absolute atomic E-state index is 12.9. The molecule has 0 bridgehead atoms. The summed E-state index contributed by atoms with van der Waals surface area (Å²) in [5.41, 5.74) is 2.60. The Bertz CT molecular complexity index is 691. The van der Waals surface area contributed by atoms with Crippen molar-refractivity contribution in [2.24, 2.45) is 0 Å². The van der Waals surface area contributed by atoms with Crippen molar-refractivity contribution >= 4 is 5.91 Å². The van der Waals surface area contributed by atoms with Crippen LogP contribution in [0.25, 0.3) is 0 Å². The molecule has 1 aromatic heterocycles. The number of rotatable bonds is 4. The van der Waals surface area contributed by atoms with Crippen LogP contribution in [0.15, 0.2) is 36.9 Å². The number of piperazine rings is 1. The van der Waals surface area contributed by atoms with E-state index in [4.69, 9.17) is 0 Å². The molecule has 0 N–H and O–H groups in total. The molecule has 1 fully saturated rings. The van der Waals surface area contributed by atoms with Gasteiger partial charge in [-0.2, -0.15) is 5.10 Å². The predicted molar refractivity (Wildman–Crippen MR) is 90.5 cm³/mol. The van der Waals surface area contributed by atoms with Gasteiger partial charge in [-0.3, -0.25) is 14.4 Å². The van der Waals surface area contributed by atoms with Crippen LogP contribution in [0, 0.1) is 0 Å². The minimum Gasteiger partial charge on any atom is -0.340 e. The third-order valence-electron chi connectivity index (χ3n) is 5.23. The van der Waals surface area contributed by atoms with Gasteiger partial charge in [-0.25, -0.2) is 4.98 Å². The van der Waals surface area contributed by atoms with Crippen molar-refractivity contribution < 1.29 is 4.79 Å². The maximum atomic E-state index is 12.9. The Morgan fingerprint density at radius 1 is 1.12 bits per heavy atom. The van der Waals surface area contributed by atoms with Gasteiger partial charge in [-0.15, -0.1) is 0 Å². The van der Waals surface area contributed by atoms with Crippen LogP contribution in [0.5, 0.6) is 0 Å². The molecule has 0 unspecified atom stereocenters. The van der Waals surface area contributed by atoms with E-state index in [1.807, 2.05) is 10.7 Å². The maximum Gasteiger partial charge on any atom is 0.230 e. The molecule has 0 spiro atoms. The van der Waals surface area contributed by atoms with Crippen LogP contribution >= 0.6 is 0 Å². The molecule has 1 atom stereocenters. The second-order valence-corrected chi connectivity index (χ2v) is 6.62. The molecule has 1 amide bonds. The third kappa shape index (κ3) is 3.06. The van der Waals surface area contributed by atoms with Crippen molar-refractivity contribution in [3.63, 3.8) is 0 Å². The number of aromatic nitrogens is 3. The van der Waals surface area contributed by atoms with Crippen molar-refractivity contribution in [2.75, 3.05) is 32.7 Å². The number of carbonyl (C=O) groups excluding carboxylic acids is 1. The highest BCUT2D eigenvalue weighted by molar-refractivity contribution is 5.85. The monoisotopic (exact) mass is 325 g/mol. The topological polar surface area (TPSA) is 54.3 Å². The number of hydrogen-bond acceptors (Lipinski definition) is 4. The first kappa shape index (κ1) is 15.3. The van der Waals surface area contributed by atoms with E-state index in [0.29, 0.717) is 5.91 Å². The van der Waals surface area contributed by atoms with Crippen LogP contribution in [0.2, 0.25) is 0 Å².